The minimum atomic E-state index is -0.609. The van der Waals surface area contributed by atoms with Crippen LogP contribution in [0.2, 0.25) is 0 Å². The zero-order chi connectivity index (χ0) is 79.3. The third-order valence-corrected chi connectivity index (χ3v) is 16.3. The van der Waals surface area contributed by atoms with Crippen LogP contribution in [0.15, 0.2) is 273 Å². The van der Waals surface area contributed by atoms with Crippen molar-refractivity contribution in [2.45, 2.75) is 78.6 Å². The summed E-state index contributed by atoms with van der Waals surface area (Å²) in [5.41, 5.74) is 6.68. The number of ether oxygens (including phenoxy) is 2. The number of nitrogens with zero attached hydrogens (tertiary/aromatic N) is 4. The highest BCUT2D eigenvalue weighted by Gasteiger charge is 2.32. The summed E-state index contributed by atoms with van der Waals surface area (Å²) in [5.74, 6) is 1.48. The average molecular weight is 1190 g/mol. The molecule has 0 N–H and O–H groups in total. The van der Waals surface area contributed by atoms with Crippen molar-refractivity contribution in [3.05, 3.63) is 289 Å². The first-order valence-electron chi connectivity index (χ1n) is 39.7. The standard InChI is InChI=1S/C84H74N4O2/c1-82(2,3)62-46-61(47-63(49-62)83(4,5)6)73-51-64(84(7,8)9)50-72(59-32-20-13-21-33-59)81(73)90-68-44-45-85-79(54-68)88-75-43-40-60(56-26-14-10-15-27-56)48-74(75)71-42-41-67(53-78(71)88)89-66-35-24-34-65(52-66)86-55-87(77-39-23-22-38-76(77)86)80-69(57-28-16-11-17-29-57)36-25-37-70(80)58-30-18-12-19-31-58/h10-54H,55H2,1-9H3/i10D,11D,12D,13D,14D,15D,16D,17D,18D,19D,20D,21D,26D,27D,28D,29D,30D,31D,32D,33D. The first-order valence-corrected chi connectivity index (χ1v) is 29.7. The Balaban J connectivity index is 0.927. The molecule has 0 fully saturated rings. The second-order valence-electron chi connectivity index (χ2n) is 25.4. The lowest BCUT2D eigenvalue weighted by atomic mass is 9.77. The van der Waals surface area contributed by atoms with Crippen molar-refractivity contribution < 1.29 is 36.9 Å². The molecule has 14 rings (SSSR count). The first-order chi connectivity index (χ1) is 51.8. The molecule has 13 aromatic rings. The molecule has 0 aliphatic carbocycles. The predicted molar refractivity (Wildman–Crippen MR) is 377 cm³/mol. The van der Waals surface area contributed by atoms with Gasteiger partial charge in [0, 0.05) is 63.1 Å². The van der Waals surface area contributed by atoms with Gasteiger partial charge in [-0.25, -0.2) is 4.98 Å². The van der Waals surface area contributed by atoms with Crippen molar-refractivity contribution in [1.29, 1.82) is 0 Å². The largest absolute Gasteiger partial charge is 0.457 e. The molecule has 1 aliphatic rings. The highest BCUT2D eigenvalue weighted by Crippen LogP contribution is 2.52. The number of hydrogen-bond donors (Lipinski definition) is 0. The minimum Gasteiger partial charge on any atom is -0.457 e. The number of benzene rings is 11. The van der Waals surface area contributed by atoms with E-state index in [1.165, 1.54) is 0 Å². The van der Waals surface area contributed by atoms with Crippen LogP contribution < -0.4 is 19.3 Å². The molecule has 0 amide bonds. The van der Waals surface area contributed by atoms with E-state index in [1.54, 1.807) is 79.0 Å². The molecule has 2 aromatic heterocycles. The lowest BCUT2D eigenvalue weighted by Crippen LogP contribution is -2.24. The van der Waals surface area contributed by atoms with E-state index in [9.17, 15) is 8.22 Å². The van der Waals surface area contributed by atoms with Gasteiger partial charge in [0.1, 0.15) is 35.5 Å². The number of hydrogen-bond acceptors (Lipinski definition) is 5. The fourth-order valence-corrected chi connectivity index (χ4v) is 11.7. The second-order valence-corrected chi connectivity index (χ2v) is 25.4. The fraction of sp³-hybridized carbons (Fsp3) is 0.155. The molecule has 3 heterocycles. The van der Waals surface area contributed by atoms with E-state index in [1.807, 2.05) is 89.7 Å². The van der Waals surface area contributed by atoms with Gasteiger partial charge in [-0.1, -0.05) is 244 Å². The van der Waals surface area contributed by atoms with Crippen LogP contribution in [0.5, 0.6) is 23.0 Å². The van der Waals surface area contributed by atoms with E-state index >= 15 is 0 Å². The minimum absolute atomic E-state index is 0.00510. The van der Waals surface area contributed by atoms with Crippen molar-refractivity contribution in [2.75, 3.05) is 16.5 Å². The normalized spacial score (nSPS) is 15.7. The van der Waals surface area contributed by atoms with Gasteiger partial charge in [-0.05, 0) is 133 Å². The van der Waals surface area contributed by atoms with Gasteiger partial charge in [-0.2, -0.15) is 0 Å². The maximum absolute atomic E-state index is 9.45. The molecular weight excluding hydrogens is 1100 g/mol. The molecule has 0 atom stereocenters. The number of anilines is 4. The van der Waals surface area contributed by atoms with E-state index in [2.05, 4.69) is 59.7 Å². The van der Waals surface area contributed by atoms with Gasteiger partial charge in [0.05, 0.1) is 55.5 Å². The summed E-state index contributed by atoms with van der Waals surface area (Å²) in [6.07, 6.45) is 1.57. The van der Waals surface area contributed by atoms with Crippen molar-refractivity contribution in [3.8, 4) is 84.5 Å². The Morgan fingerprint density at radius 3 is 1.50 bits per heavy atom. The summed E-state index contributed by atoms with van der Waals surface area (Å²) in [4.78, 5) is 8.79. The van der Waals surface area contributed by atoms with Gasteiger partial charge in [-0.15, -0.1) is 0 Å². The van der Waals surface area contributed by atoms with Crippen molar-refractivity contribution in [1.82, 2.24) is 9.55 Å². The van der Waals surface area contributed by atoms with Gasteiger partial charge < -0.3 is 19.3 Å². The van der Waals surface area contributed by atoms with E-state index in [-0.39, 0.29) is 85.7 Å². The van der Waals surface area contributed by atoms with Crippen molar-refractivity contribution in [3.63, 3.8) is 0 Å². The molecule has 0 radical (unpaired) electrons. The van der Waals surface area contributed by atoms with Crippen LogP contribution in [0.4, 0.5) is 22.7 Å². The highest BCUT2D eigenvalue weighted by molar-refractivity contribution is 6.11. The lowest BCUT2D eigenvalue weighted by Gasteiger charge is -2.28. The maximum atomic E-state index is 9.45. The summed E-state index contributed by atoms with van der Waals surface area (Å²) in [6.45, 7) is 19.0. The second kappa shape index (κ2) is 22.9. The van der Waals surface area contributed by atoms with E-state index < -0.39 is 114 Å². The first kappa shape index (κ1) is 38.8. The SMILES string of the molecule is [2H]c1c([2H])c([2H])c(-c2ccc3c(c2)c2ccc(Oc4cccc(N5CN(c6c(-c7c([2H])c([2H])c([2H])c([2H])c7[2H])cccc6-c6c([2H])c([2H])c([2H])c([2H])c6[2H])c6ccccc65)c4)cc2n3-c2cc(Oc3c(-c4cc(C(C)(C)C)cc(C(C)(C)C)c4)cc(C(C)(C)C)cc3-c3c([2H])c([2H])c([2H])c([2H])c3[2H])ccn2)c([2H])c1[2H]. The number of para-hydroxylation sites is 3. The maximum Gasteiger partial charge on any atom is 0.143 e. The number of aromatic nitrogens is 2. The van der Waals surface area contributed by atoms with Crippen LogP contribution in [0.3, 0.4) is 0 Å². The Labute approximate surface area is 558 Å². The smallest absolute Gasteiger partial charge is 0.143 e. The summed E-state index contributed by atoms with van der Waals surface area (Å²) < 4.78 is 194. The van der Waals surface area contributed by atoms with Crippen molar-refractivity contribution >= 4 is 44.6 Å². The highest BCUT2D eigenvalue weighted by atomic mass is 16.5. The molecule has 442 valence electrons. The Morgan fingerprint density at radius 2 is 0.900 bits per heavy atom. The zero-order valence-corrected chi connectivity index (χ0v) is 51.2. The van der Waals surface area contributed by atoms with Gasteiger partial charge in [-0.3, -0.25) is 4.57 Å². The topological polar surface area (TPSA) is 42.8 Å². The van der Waals surface area contributed by atoms with E-state index in [4.69, 9.17) is 33.6 Å². The molecule has 1 aliphatic heterocycles. The van der Waals surface area contributed by atoms with E-state index in [0.29, 0.717) is 67.3 Å². The van der Waals surface area contributed by atoms with Crippen LogP contribution in [-0.4, -0.2) is 16.2 Å². The summed E-state index contributed by atoms with van der Waals surface area (Å²) >= 11 is 0. The number of pyridine rings is 1. The van der Waals surface area contributed by atoms with Gasteiger partial charge in [0.2, 0.25) is 0 Å². The Bertz CT molecular complexity index is 5840. The molecule has 90 heavy (non-hydrogen) atoms. The molecule has 11 aromatic carbocycles. The Kier molecular flexibility index (Phi) is 9.88. The average Bonchev–Trinajstić information content (AvgIpc) is 1.56. The lowest BCUT2D eigenvalue weighted by molar-refractivity contribution is 0.483. The van der Waals surface area contributed by atoms with E-state index in [0.717, 1.165) is 22.3 Å². The molecule has 0 unspecified atom stereocenters. The number of fused-ring (bicyclic) bond motifs is 4. The monoisotopic (exact) mass is 1190 g/mol. The molecule has 6 heteroatoms. The van der Waals surface area contributed by atoms with Crippen molar-refractivity contribution in [2.24, 2.45) is 0 Å². The summed E-state index contributed by atoms with van der Waals surface area (Å²) in [5, 5.41) is 1.24. The number of rotatable bonds is 12. The Morgan fingerprint density at radius 1 is 0.378 bits per heavy atom. The van der Waals surface area contributed by atoms with Gasteiger partial charge >= 0.3 is 0 Å². The van der Waals surface area contributed by atoms with Crippen LogP contribution in [0.25, 0.3) is 83.3 Å². The van der Waals surface area contributed by atoms with Crippen LogP contribution in [-0.2, 0) is 16.2 Å². The quantitative estimate of drug-likeness (QED) is 0.122. The molecular formula is C84H74N4O2. The third kappa shape index (κ3) is 11.1. The summed E-state index contributed by atoms with van der Waals surface area (Å²) in [6, 6.07) is 33.4. The third-order valence-electron chi connectivity index (χ3n) is 16.3. The van der Waals surface area contributed by atoms with Crippen LogP contribution >= 0.6 is 0 Å². The molecule has 0 bridgehead atoms. The van der Waals surface area contributed by atoms with Gasteiger partial charge in [0.15, 0.2) is 0 Å². The van der Waals surface area contributed by atoms with Gasteiger partial charge in [0.25, 0.3) is 0 Å². The molecule has 0 spiro atoms. The molecule has 0 saturated carbocycles. The predicted octanol–water partition coefficient (Wildman–Crippen LogP) is 23.2. The molecule has 0 saturated heterocycles. The zero-order valence-electron chi connectivity index (χ0n) is 71.2. The Hall–Kier alpha value is -10.4. The molecule has 6 nitrogen and oxygen atoms in total. The summed E-state index contributed by atoms with van der Waals surface area (Å²) in [7, 11) is 0. The fourth-order valence-electron chi connectivity index (χ4n) is 11.7. The van der Waals surface area contributed by atoms with Crippen LogP contribution in [0.1, 0.15) is 106 Å². The van der Waals surface area contributed by atoms with Crippen LogP contribution in [0, 0.1) is 0 Å².